The molecule has 2 atom stereocenters. The number of imidazole rings is 1. The Balaban J connectivity index is 1.71. The van der Waals surface area contributed by atoms with Gasteiger partial charge in [-0.15, -0.1) is 0 Å². The second kappa shape index (κ2) is 14.3. The molecule has 1 aromatic carbocycles. The maximum absolute atomic E-state index is 12.2. The number of carboxylic acid groups (broad SMARTS) is 1. The molecule has 0 spiro atoms. The Morgan fingerprint density at radius 1 is 1.26 bits per heavy atom. The molecule has 0 bridgehead atoms. The minimum absolute atomic E-state index is 0.0638. The number of benzene rings is 1. The molecule has 3 heterocycles. The third kappa shape index (κ3) is 7.94. The number of nitro groups is 1. The molecule has 4 N–H and O–H groups in total. The summed E-state index contributed by atoms with van der Waals surface area (Å²) < 4.78 is 16.6. The number of nitrogens with one attached hydrogen (secondary N) is 3. The van der Waals surface area contributed by atoms with Crippen LogP contribution in [0, 0.1) is 10.1 Å². The lowest BCUT2D eigenvalue weighted by molar-refractivity contribution is -0.387. The highest BCUT2D eigenvalue weighted by Crippen LogP contribution is 2.39. The number of aromatic amines is 1. The zero-order valence-corrected chi connectivity index (χ0v) is 23.6. The zero-order valence-electron chi connectivity index (χ0n) is 22.7. The lowest BCUT2D eigenvalue weighted by Crippen LogP contribution is -2.34. The molecule has 2 aromatic heterocycles. The van der Waals surface area contributed by atoms with Crippen LogP contribution < -0.4 is 20.1 Å². The van der Waals surface area contributed by atoms with Crippen molar-refractivity contribution in [2.75, 3.05) is 19.4 Å². The van der Waals surface area contributed by atoms with Crippen molar-refractivity contribution in [2.45, 2.75) is 43.6 Å². The van der Waals surface area contributed by atoms with Crippen LogP contribution in [0.1, 0.15) is 36.3 Å². The van der Waals surface area contributed by atoms with Crippen LogP contribution in [0.5, 0.6) is 17.5 Å². The van der Waals surface area contributed by atoms with E-state index in [9.17, 15) is 24.8 Å². The van der Waals surface area contributed by atoms with Crippen molar-refractivity contribution in [3.63, 3.8) is 0 Å². The normalized spacial score (nSPS) is 15.0. The van der Waals surface area contributed by atoms with E-state index < -0.39 is 34.4 Å². The molecule has 3 aromatic rings. The predicted octanol–water partition coefficient (Wildman–Crippen LogP) is 2.90. The first-order valence-electron chi connectivity index (χ1n) is 12.9. The van der Waals surface area contributed by atoms with Crippen LogP contribution >= 0.6 is 11.8 Å². The summed E-state index contributed by atoms with van der Waals surface area (Å²) in [6, 6.07) is 5.21. The molecule has 1 aliphatic rings. The number of nitrogens with zero attached hydrogens (tertiary/aromatic N) is 4. The van der Waals surface area contributed by atoms with Gasteiger partial charge in [0.1, 0.15) is 11.9 Å². The van der Waals surface area contributed by atoms with E-state index in [0.717, 1.165) is 22.9 Å². The van der Waals surface area contributed by atoms with Crippen molar-refractivity contribution in [1.29, 1.82) is 0 Å². The molecule has 0 fully saturated rings. The fourth-order valence-corrected chi connectivity index (χ4v) is 4.38. The second-order valence-corrected chi connectivity index (χ2v) is 9.64. The number of thioether (sulfide) groups is 1. The fraction of sp³-hybridized carbons (Fsp3) is 0.346. The van der Waals surface area contributed by atoms with Crippen molar-refractivity contribution >= 4 is 29.4 Å². The average molecular weight is 600 g/mol. The third-order valence-electron chi connectivity index (χ3n) is 5.92. The number of ether oxygens (including phenoxy) is 3. The summed E-state index contributed by atoms with van der Waals surface area (Å²) in [5.41, 5.74) is 1.11. The van der Waals surface area contributed by atoms with Gasteiger partial charge < -0.3 is 29.6 Å². The molecule has 4 rings (SSSR count). The highest BCUT2D eigenvalue weighted by Gasteiger charge is 2.33. The van der Waals surface area contributed by atoms with E-state index >= 15 is 0 Å². The highest BCUT2D eigenvalue weighted by atomic mass is 32.2. The van der Waals surface area contributed by atoms with Crippen LogP contribution in [0.15, 0.2) is 48.2 Å². The Morgan fingerprint density at radius 2 is 2.07 bits per heavy atom. The van der Waals surface area contributed by atoms with Gasteiger partial charge in [0.25, 0.3) is 0 Å². The molecule has 0 radical (unpaired) electrons. The largest absolute Gasteiger partial charge is 0.478 e. The number of carbonyl (C=O) groups is 2. The number of H-pyrrole nitrogens is 1. The van der Waals surface area contributed by atoms with Gasteiger partial charge in [0, 0.05) is 25.6 Å². The summed E-state index contributed by atoms with van der Waals surface area (Å²) in [5, 5.41) is 28.5. The van der Waals surface area contributed by atoms with Gasteiger partial charge in [-0.25, -0.2) is 9.78 Å². The number of hydrogen-bond acceptors (Lipinski definition) is 13. The number of esters is 1. The van der Waals surface area contributed by atoms with Crippen LogP contribution in [-0.4, -0.2) is 67.4 Å². The summed E-state index contributed by atoms with van der Waals surface area (Å²) >= 11 is 1.07. The van der Waals surface area contributed by atoms with Crippen LogP contribution in [0.3, 0.4) is 0 Å². The van der Waals surface area contributed by atoms with Crippen molar-refractivity contribution in [3.8, 4) is 17.5 Å². The van der Waals surface area contributed by atoms with Crippen LogP contribution in [0.4, 0.5) is 5.69 Å². The van der Waals surface area contributed by atoms with E-state index in [1.807, 2.05) is 12.1 Å². The van der Waals surface area contributed by atoms with Gasteiger partial charge >= 0.3 is 29.4 Å². The van der Waals surface area contributed by atoms with Gasteiger partial charge in [-0.1, -0.05) is 23.9 Å². The molecular formula is C26H29N7O8S. The van der Waals surface area contributed by atoms with Gasteiger partial charge in [-0.05, 0) is 49.1 Å². The lowest BCUT2D eigenvalue weighted by atomic mass is 10.0. The Kier molecular flexibility index (Phi) is 10.3. The van der Waals surface area contributed by atoms with Gasteiger partial charge in [0.05, 0.1) is 23.6 Å². The highest BCUT2D eigenvalue weighted by molar-refractivity contribution is 7.98. The van der Waals surface area contributed by atoms with Crippen LogP contribution in [0.25, 0.3) is 0 Å². The fourth-order valence-electron chi connectivity index (χ4n) is 4.03. The summed E-state index contributed by atoms with van der Waals surface area (Å²) in [7, 11) is 0. The van der Waals surface area contributed by atoms with Crippen molar-refractivity contribution in [2.24, 2.45) is 0 Å². The maximum Gasteiger partial charge on any atom is 0.392 e. The molecule has 0 amide bonds. The maximum atomic E-state index is 12.2. The minimum atomic E-state index is -1.53. The van der Waals surface area contributed by atoms with E-state index in [2.05, 4.69) is 30.6 Å². The number of carbonyl (C=O) groups excluding carboxylic acids is 1. The molecule has 16 heteroatoms. The lowest BCUT2D eigenvalue weighted by Gasteiger charge is -2.23. The number of aliphatic carboxylic acids is 1. The number of carboxylic acids is 1. The molecule has 2 unspecified atom stereocenters. The number of aromatic nitrogens is 4. The Morgan fingerprint density at radius 3 is 2.71 bits per heavy atom. The van der Waals surface area contributed by atoms with E-state index in [-0.39, 0.29) is 42.5 Å². The second-order valence-electron chi connectivity index (χ2n) is 8.86. The Hall–Kier alpha value is -4.70. The summed E-state index contributed by atoms with van der Waals surface area (Å²) in [6.07, 6.45) is 6.69. The smallest absolute Gasteiger partial charge is 0.392 e. The first-order chi connectivity index (χ1) is 20.3. The van der Waals surface area contributed by atoms with E-state index in [4.69, 9.17) is 14.2 Å². The average Bonchev–Trinajstić information content (AvgIpc) is 3.49. The molecule has 0 saturated carbocycles. The minimum Gasteiger partial charge on any atom is -0.478 e. The monoisotopic (exact) mass is 599 g/mol. The number of aryl methyl sites for hydroxylation is 1. The molecule has 42 heavy (non-hydrogen) atoms. The van der Waals surface area contributed by atoms with Crippen LogP contribution in [0.2, 0.25) is 0 Å². The first kappa shape index (κ1) is 30.3. The summed E-state index contributed by atoms with van der Waals surface area (Å²) in [6.45, 7) is 2.60. The van der Waals surface area contributed by atoms with Crippen molar-refractivity contribution < 1.29 is 33.8 Å². The van der Waals surface area contributed by atoms with Gasteiger partial charge in [0.2, 0.25) is 6.10 Å². The molecule has 0 aliphatic carbocycles. The molecule has 222 valence electrons. The Labute approximate surface area is 244 Å². The zero-order chi connectivity index (χ0) is 30.1. The predicted molar refractivity (Wildman–Crippen MR) is 149 cm³/mol. The van der Waals surface area contributed by atoms with Crippen LogP contribution in [-0.2, 0) is 27.2 Å². The van der Waals surface area contributed by atoms with E-state index in [1.54, 1.807) is 31.5 Å². The van der Waals surface area contributed by atoms with Crippen molar-refractivity contribution in [1.82, 2.24) is 30.6 Å². The van der Waals surface area contributed by atoms with Gasteiger partial charge in [-0.2, -0.15) is 9.97 Å². The van der Waals surface area contributed by atoms with E-state index in [0.29, 0.717) is 18.7 Å². The molecular weight excluding hydrogens is 570 g/mol. The standard InChI is InChI=1S/C26H29N7O8S/c1-3-39-20(34)6-5-15-9-16(22-28-7-4-8-29-22)11-18(10-15)40-23-21(33(37)38)24(32-26(31-23)42-2)41-19(25(35)36)12-17-13-27-14-30-17/h4,7,9-11,13-14,19,22,28-29H,3,5-6,8,12H2,1-2H3,(H,27,30)(H,35,36). The SMILES string of the molecule is CCOC(=O)CCc1cc(Oc2nc(SC)nc(OC(Cc3c[nH]cn3)C(=O)O)c2[N+](=O)[O-])cc(C2NC=CCN2)c1. The van der Waals surface area contributed by atoms with Gasteiger partial charge in [-0.3, -0.25) is 20.2 Å². The third-order valence-corrected chi connectivity index (χ3v) is 6.47. The van der Waals surface area contributed by atoms with Crippen molar-refractivity contribution in [3.05, 3.63) is 69.9 Å². The summed E-state index contributed by atoms with van der Waals surface area (Å²) in [4.78, 5) is 50.4. The molecule has 1 aliphatic heterocycles. The first-order valence-corrected chi connectivity index (χ1v) is 14.1. The topological polar surface area (TPSA) is 204 Å². The summed E-state index contributed by atoms with van der Waals surface area (Å²) in [5.74, 6) is -2.51. The molecule has 15 nitrogen and oxygen atoms in total. The number of hydrogen-bond donors (Lipinski definition) is 4. The Bertz CT molecular complexity index is 1450. The molecule has 0 saturated heterocycles. The quantitative estimate of drug-likeness (QED) is 0.0692. The van der Waals surface area contributed by atoms with Gasteiger partial charge in [0.15, 0.2) is 5.16 Å². The van der Waals surface area contributed by atoms with E-state index in [1.165, 1.54) is 12.5 Å². The number of rotatable bonds is 14.